The van der Waals surface area contributed by atoms with Crippen LogP contribution in [-0.4, -0.2) is 86.5 Å². The number of methoxy groups -OCH3 is 2. The van der Waals surface area contributed by atoms with Gasteiger partial charge in [0.05, 0.1) is 27.4 Å². The minimum absolute atomic E-state index is 0.0825. The van der Waals surface area contributed by atoms with E-state index in [0.29, 0.717) is 11.8 Å². The van der Waals surface area contributed by atoms with E-state index >= 15 is 0 Å². The third-order valence-electron chi connectivity index (χ3n) is 3.91. The van der Waals surface area contributed by atoms with Gasteiger partial charge in [0, 0.05) is 12.2 Å². The van der Waals surface area contributed by atoms with Crippen LogP contribution < -0.4 is 16.0 Å². The number of nitrogens with one attached hydrogen (secondary N) is 3. The molecule has 3 atom stereocenters. The largest absolute Gasteiger partial charge is 0.467 e. The Kier molecular flexibility index (Phi) is 15.1. The second-order valence-electron chi connectivity index (χ2n) is 6.35. The Hall–Kier alpha value is -3.03. The molecule has 33 heavy (non-hydrogen) atoms. The second kappa shape index (κ2) is 16.6. The van der Waals surface area contributed by atoms with Crippen LogP contribution >= 0.6 is 11.8 Å². The van der Waals surface area contributed by atoms with E-state index in [1.807, 2.05) is 0 Å². The topological polar surface area (TPSA) is 175 Å². The van der Waals surface area contributed by atoms with Crippen molar-refractivity contribution in [2.45, 2.75) is 51.7 Å². The van der Waals surface area contributed by atoms with Gasteiger partial charge < -0.3 is 34.9 Å². The van der Waals surface area contributed by atoms with Gasteiger partial charge in [0.25, 0.3) is 0 Å². The van der Waals surface area contributed by atoms with Gasteiger partial charge in [0.1, 0.15) is 18.1 Å². The fourth-order valence-corrected chi connectivity index (χ4v) is 3.03. The maximum Gasteiger partial charge on any atom is 0.407 e. The molecular formula is C19H31N3O10S. The van der Waals surface area contributed by atoms with Crippen molar-refractivity contribution in [2.24, 2.45) is 0 Å². The van der Waals surface area contributed by atoms with Gasteiger partial charge in [-0.05, 0) is 39.0 Å². The Balaban J connectivity index is 5.14. The summed E-state index contributed by atoms with van der Waals surface area (Å²) >= 11 is 0.667. The van der Waals surface area contributed by atoms with Gasteiger partial charge in [0.15, 0.2) is 0 Å². The van der Waals surface area contributed by atoms with Gasteiger partial charge in [-0.3, -0.25) is 9.59 Å². The number of amides is 3. The summed E-state index contributed by atoms with van der Waals surface area (Å²) in [5, 5.41) is 6.47. The van der Waals surface area contributed by atoms with Gasteiger partial charge in [-0.1, -0.05) is 0 Å². The molecule has 0 rings (SSSR count). The Labute approximate surface area is 196 Å². The molecule has 0 radical (unpaired) electrons. The molecule has 0 saturated heterocycles. The minimum Gasteiger partial charge on any atom is -0.467 e. The van der Waals surface area contributed by atoms with Gasteiger partial charge in [0.2, 0.25) is 11.8 Å². The van der Waals surface area contributed by atoms with Crippen molar-refractivity contribution in [3.05, 3.63) is 0 Å². The zero-order valence-electron chi connectivity index (χ0n) is 19.3. The summed E-state index contributed by atoms with van der Waals surface area (Å²) in [7, 11) is 2.28. The lowest BCUT2D eigenvalue weighted by Gasteiger charge is -2.21. The van der Waals surface area contributed by atoms with Crippen molar-refractivity contribution >= 4 is 46.9 Å². The number of ether oxygens (including phenoxy) is 4. The molecule has 0 aliphatic rings. The van der Waals surface area contributed by atoms with Crippen LogP contribution in [0.5, 0.6) is 0 Å². The molecule has 0 fully saturated rings. The molecule has 0 aromatic rings. The minimum atomic E-state index is -1.20. The number of alkyl carbamates (subject to hydrolysis) is 1. The molecule has 3 amide bonds. The molecule has 188 valence electrons. The normalized spacial score (nSPS) is 12.9. The molecule has 3 unspecified atom stereocenters. The molecular weight excluding hydrogens is 462 g/mol. The average Bonchev–Trinajstić information content (AvgIpc) is 2.78. The second-order valence-corrected chi connectivity index (χ2v) is 7.30. The molecule has 0 aliphatic heterocycles. The summed E-state index contributed by atoms with van der Waals surface area (Å²) in [6, 6.07) is -3.35. The maximum absolute atomic E-state index is 12.5. The van der Waals surface area contributed by atoms with E-state index in [1.165, 1.54) is 6.92 Å². The van der Waals surface area contributed by atoms with E-state index < -0.39 is 53.3 Å². The standard InChI is InChI=1S/C19H31N3O10S/c1-6-31-18(27)22-12(17(26)30-5)8-9-14(23)21-13(10-33-19(28)32-7-2)15(24)20-11(3)16(25)29-4/h11-13H,6-10H2,1-5H3,(H,20,24)(H,21,23)(H,22,27). The number of hydrogen-bond acceptors (Lipinski definition) is 11. The summed E-state index contributed by atoms with van der Waals surface area (Å²) < 4.78 is 18.7. The zero-order valence-corrected chi connectivity index (χ0v) is 20.1. The fourth-order valence-electron chi connectivity index (χ4n) is 2.29. The van der Waals surface area contributed by atoms with Crippen molar-refractivity contribution in [3.63, 3.8) is 0 Å². The Morgan fingerprint density at radius 1 is 0.818 bits per heavy atom. The van der Waals surface area contributed by atoms with E-state index in [9.17, 15) is 28.8 Å². The monoisotopic (exact) mass is 493 g/mol. The molecule has 0 aliphatic carbocycles. The van der Waals surface area contributed by atoms with Gasteiger partial charge >= 0.3 is 23.3 Å². The highest BCUT2D eigenvalue weighted by Crippen LogP contribution is 2.09. The number of esters is 2. The molecule has 0 bridgehead atoms. The SMILES string of the molecule is CCOC(=O)NC(CCC(=O)NC(CSC(=O)OCC)C(=O)NC(C)C(=O)OC)C(=O)OC. The molecule has 0 heterocycles. The first-order valence-corrected chi connectivity index (χ1v) is 11.1. The number of hydrogen-bond donors (Lipinski definition) is 3. The molecule has 3 N–H and O–H groups in total. The highest BCUT2D eigenvalue weighted by molar-refractivity contribution is 8.13. The van der Waals surface area contributed by atoms with Crippen LogP contribution in [0.4, 0.5) is 9.59 Å². The van der Waals surface area contributed by atoms with E-state index in [-0.39, 0.29) is 31.8 Å². The predicted molar refractivity (Wildman–Crippen MR) is 116 cm³/mol. The molecule has 0 aromatic carbocycles. The first-order chi connectivity index (χ1) is 15.6. The van der Waals surface area contributed by atoms with E-state index in [0.717, 1.165) is 14.2 Å². The summed E-state index contributed by atoms with van der Waals surface area (Å²) in [5.41, 5.74) is 0. The number of rotatable bonds is 13. The smallest absolute Gasteiger partial charge is 0.407 e. The first kappa shape index (κ1) is 30.0. The summed E-state index contributed by atoms with van der Waals surface area (Å²) in [4.78, 5) is 71.6. The summed E-state index contributed by atoms with van der Waals surface area (Å²) in [6.45, 7) is 4.81. The highest BCUT2D eigenvalue weighted by Gasteiger charge is 2.28. The van der Waals surface area contributed by atoms with Crippen molar-refractivity contribution in [1.82, 2.24) is 16.0 Å². The molecule has 14 heteroatoms. The van der Waals surface area contributed by atoms with Crippen LogP contribution in [0.15, 0.2) is 0 Å². The number of carbonyl (C=O) groups excluding carboxylic acids is 6. The van der Waals surface area contributed by atoms with Crippen LogP contribution in [0.2, 0.25) is 0 Å². The van der Waals surface area contributed by atoms with Gasteiger partial charge in [-0.25, -0.2) is 19.2 Å². The molecule has 0 saturated carbocycles. The van der Waals surface area contributed by atoms with Crippen LogP contribution in [0.1, 0.15) is 33.6 Å². The first-order valence-electron chi connectivity index (χ1n) is 10.1. The van der Waals surface area contributed by atoms with E-state index in [1.54, 1.807) is 13.8 Å². The van der Waals surface area contributed by atoms with E-state index in [2.05, 4.69) is 25.4 Å². The average molecular weight is 494 g/mol. The summed E-state index contributed by atoms with van der Waals surface area (Å²) in [6.07, 6.45) is -1.27. The zero-order chi connectivity index (χ0) is 25.4. The Bertz CT molecular complexity index is 703. The van der Waals surface area contributed by atoms with Crippen LogP contribution in [0, 0.1) is 0 Å². The van der Waals surface area contributed by atoms with Crippen molar-refractivity contribution < 1.29 is 47.7 Å². The quantitative estimate of drug-likeness (QED) is 0.234. The third-order valence-corrected chi connectivity index (χ3v) is 4.76. The summed E-state index contributed by atoms with van der Waals surface area (Å²) in [5.74, 6) is -3.03. The lowest BCUT2D eigenvalue weighted by Crippen LogP contribution is -2.52. The van der Waals surface area contributed by atoms with E-state index in [4.69, 9.17) is 9.47 Å². The van der Waals surface area contributed by atoms with Crippen LogP contribution in [-0.2, 0) is 38.1 Å². The molecule has 13 nitrogen and oxygen atoms in total. The predicted octanol–water partition coefficient (Wildman–Crippen LogP) is 0.107. The lowest BCUT2D eigenvalue weighted by atomic mass is 10.1. The number of thioether (sulfide) groups is 1. The Morgan fingerprint density at radius 2 is 1.42 bits per heavy atom. The molecule has 0 aromatic heterocycles. The molecule has 0 spiro atoms. The fraction of sp³-hybridized carbons (Fsp3) is 0.684. The van der Waals surface area contributed by atoms with Crippen molar-refractivity contribution in [2.75, 3.05) is 33.2 Å². The lowest BCUT2D eigenvalue weighted by molar-refractivity contribution is -0.144. The van der Waals surface area contributed by atoms with Gasteiger partial charge in [-0.2, -0.15) is 0 Å². The van der Waals surface area contributed by atoms with Crippen molar-refractivity contribution in [1.29, 1.82) is 0 Å². The Morgan fingerprint density at radius 3 is 1.97 bits per heavy atom. The maximum atomic E-state index is 12.5. The van der Waals surface area contributed by atoms with Crippen LogP contribution in [0.25, 0.3) is 0 Å². The number of carbonyl (C=O) groups is 6. The van der Waals surface area contributed by atoms with Crippen LogP contribution in [0.3, 0.4) is 0 Å². The highest BCUT2D eigenvalue weighted by atomic mass is 32.2. The third kappa shape index (κ3) is 12.6. The van der Waals surface area contributed by atoms with Gasteiger partial charge in [-0.15, -0.1) is 0 Å². The van der Waals surface area contributed by atoms with Crippen molar-refractivity contribution in [3.8, 4) is 0 Å².